The summed E-state index contributed by atoms with van der Waals surface area (Å²) in [5.74, 6) is -0.364. The monoisotopic (exact) mass is 305 g/mol. The van der Waals surface area contributed by atoms with E-state index in [-0.39, 0.29) is 17.5 Å². The number of carboxylic acids is 1. The maximum atomic E-state index is 12.5. The lowest BCUT2D eigenvalue weighted by atomic mass is 10.0. The van der Waals surface area contributed by atoms with Crippen LogP contribution < -0.4 is 0 Å². The number of nitrogens with zero attached hydrogens (tertiary/aromatic N) is 1. The molecule has 1 heterocycles. The average molecular weight is 305 g/mol. The van der Waals surface area contributed by atoms with Crippen LogP contribution in [0, 0.1) is 5.92 Å². The van der Waals surface area contributed by atoms with Gasteiger partial charge in [0.1, 0.15) is 0 Å². The van der Waals surface area contributed by atoms with Crippen molar-refractivity contribution in [2.24, 2.45) is 5.92 Å². The average Bonchev–Trinajstić information content (AvgIpc) is 2.47. The molecule has 0 radical (unpaired) electrons. The highest BCUT2D eigenvalue weighted by molar-refractivity contribution is 5.87. The number of carbonyl (C=O) groups is 2. The van der Waals surface area contributed by atoms with Crippen molar-refractivity contribution in [2.75, 3.05) is 19.8 Å². The van der Waals surface area contributed by atoms with Crippen LogP contribution in [0.1, 0.15) is 36.2 Å². The highest BCUT2D eigenvalue weighted by atomic mass is 16.5. The third kappa shape index (κ3) is 4.31. The van der Waals surface area contributed by atoms with Crippen LogP contribution in [0.3, 0.4) is 0 Å². The molecule has 1 aliphatic heterocycles. The van der Waals surface area contributed by atoms with E-state index in [1.807, 2.05) is 4.90 Å². The van der Waals surface area contributed by atoms with E-state index >= 15 is 0 Å². The van der Waals surface area contributed by atoms with Crippen LogP contribution >= 0.6 is 0 Å². The molecule has 22 heavy (non-hydrogen) atoms. The molecule has 1 unspecified atom stereocenters. The molecule has 0 aromatic heterocycles. The third-order valence-corrected chi connectivity index (χ3v) is 3.85. The highest BCUT2D eigenvalue weighted by Gasteiger charge is 2.27. The molecule has 0 spiro atoms. The van der Waals surface area contributed by atoms with Gasteiger partial charge in [0.05, 0.1) is 31.2 Å². The van der Waals surface area contributed by atoms with Gasteiger partial charge in [0.2, 0.25) is 5.91 Å². The minimum atomic E-state index is -0.956. The molecule has 5 heteroatoms. The number of hydrogen-bond donors (Lipinski definition) is 1. The standard InChI is InChI=1S/C17H23NO4/c1-12(2)9-15-11-22-8-7-18(15)16(19)10-13-3-5-14(6-4-13)17(20)21/h3-6,12,15H,7-11H2,1-2H3,(H,20,21). The second-order valence-corrected chi connectivity index (χ2v) is 6.12. The highest BCUT2D eigenvalue weighted by Crippen LogP contribution is 2.17. The summed E-state index contributed by atoms with van der Waals surface area (Å²) in [4.78, 5) is 25.3. The lowest BCUT2D eigenvalue weighted by Crippen LogP contribution is -2.49. The Hall–Kier alpha value is -1.88. The van der Waals surface area contributed by atoms with Crippen LogP contribution in [-0.2, 0) is 16.0 Å². The Bertz CT molecular complexity index is 524. The van der Waals surface area contributed by atoms with Gasteiger partial charge in [0.25, 0.3) is 0 Å². The van der Waals surface area contributed by atoms with Gasteiger partial charge in [-0.15, -0.1) is 0 Å². The number of aromatic carboxylic acids is 1. The summed E-state index contributed by atoms with van der Waals surface area (Å²) < 4.78 is 5.50. The van der Waals surface area contributed by atoms with Crippen LogP contribution in [0.4, 0.5) is 0 Å². The van der Waals surface area contributed by atoms with Gasteiger partial charge >= 0.3 is 5.97 Å². The summed E-state index contributed by atoms with van der Waals surface area (Å²) in [5, 5.41) is 8.89. The molecule has 2 rings (SSSR count). The molecule has 5 nitrogen and oxygen atoms in total. The largest absolute Gasteiger partial charge is 0.478 e. The van der Waals surface area contributed by atoms with Crippen LogP contribution in [0.5, 0.6) is 0 Å². The zero-order valence-electron chi connectivity index (χ0n) is 13.1. The molecule has 0 bridgehead atoms. The van der Waals surface area contributed by atoms with E-state index in [0.29, 0.717) is 32.1 Å². The molecular formula is C17H23NO4. The smallest absolute Gasteiger partial charge is 0.335 e. The molecule has 120 valence electrons. The molecule has 1 atom stereocenters. The van der Waals surface area contributed by atoms with Gasteiger partial charge in [-0.25, -0.2) is 4.79 Å². The summed E-state index contributed by atoms with van der Waals surface area (Å²) in [6.45, 7) is 6.09. The van der Waals surface area contributed by atoms with Crippen molar-refractivity contribution in [1.29, 1.82) is 0 Å². The molecule has 1 saturated heterocycles. The van der Waals surface area contributed by atoms with E-state index < -0.39 is 5.97 Å². The van der Waals surface area contributed by atoms with Gasteiger partial charge in [-0.05, 0) is 30.0 Å². The van der Waals surface area contributed by atoms with Crippen molar-refractivity contribution in [3.8, 4) is 0 Å². The summed E-state index contributed by atoms with van der Waals surface area (Å²) in [6, 6.07) is 6.63. The molecular weight excluding hydrogens is 282 g/mol. The zero-order valence-corrected chi connectivity index (χ0v) is 13.1. The van der Waals surface area contributed by atoms with Gasteiger partial charge < -0.3 is 14.7 Å². The molecule has 1 N–H and O–H groups in total. The van der Waals surface area contributed by atoms with Gasteiger partial charge in [-0.3, -0.25) is 4.79 Å². The number of benzene rings is 1. The Labute approximate surface area is 130 Å². The first-order valence-corrected chi connectivity index (χ1v) is 7.67. The minimum absolute atomic E-state index is 0.0806. The van der Waals surface area contributed by atoms with Crippen molar-refractivity contribution >= 4 is 11.9 Å². The van der Waals surface area contributed by atoms with Gasteiger partial charge in [0.15, 0.2) is 0 Å². The Morgan fingerprint density at radius 2 is 2.00 bits per heavy atom. The lowest BCUT2D eigenvalue weighted by molar-refractivity contribution is -0.139. The van der Waals surface area contributed by atoms with Crippen molar-refractivity contribution < 1.29 is 19.4 Å². The van der Waals surface area contributed by atoms with Gasteiger partial charge in [-0.2, -0.15) is 0 Å². The summed E-state index contributed by atoms with van der Waals surface area (Å²) >= 11 is 0. The zero-order chi connectivity index (χ0) is 16.1. The van der Waals surface area contributed by atoms with E-state index in [1.165, 1.54) is 12.1 Å². The quantitative estimate of drug-likeness (QED) is 0.905. The molecule has 1 aromatic carbocycles. The van der Waals surface area contributed by atoms with E-state index in [9.17, 15) is 9.59 Å². The van der Waals surface area contributed by atoms with Crippen LogP contribution in [0.15, 0.2) is 24.3 Å². The predicted molar refractivity (Wildman–Crippen MR) is 82.9 cm³/mol. The number of carboxylic acid groups (broad SMARTS) is 1. The Kier molecular flexibility index (Phi) is 5.55. The topological polar surface area (TPSA) is 66.8 Å². The SMILES string of the molecule is CC(C)CC1COCCN1C(=O)Cc1ccc(C(=O)O)cc1. The molecule has 1 aliphatic rings. The Balaban J connectivity index is 2.01. The van der Waals surface area contributed by atoms with Gasteiger partial charge in [0, 0.05) is 6.54 Å². The minimum Gasteiger partial charge on any atom is -0.478 e. The number of ether oxygens (including phenoxy) is 1. The summed E-state index contributed by atoms with van der Waals surface area (Å²) in [7, 11) is 0. The number of rotatable bonds is 5. The molecule has 0 aliphatic carbocycles. The van der Waals surface area contributed by atoms with E-state index in [2.05, 4.69) is 13.8 Å². The van der Waals surface area contributed by atoms with Crippen molar-refractivity contribution in [2.45, 2.75) is 32.7 Å². The third-order valence-electron chi connectivity index (χ3n) is 3.85. The van der Waals surface area contributed by atoms with Crippen molar-refractivity contribution in [1.82, 2.24) is 4.90 Å². The fraction of sp³-hybridized carbons (Fsp3) is 0.529. The van der Waals surface area contributed by atoms with E-state index in [1.54, 1.807) is 12.1 Å². The molecule has 1 amide bonds. The van der Waals surface area contributed by atoms with Crippen LogP contribution in [0.25, 0.3) is 0 Å². The first kappa shape index (κ1) is 16.5. The molecule has 1 fully saturated rings. The number of morpholine rings is 1. The fourth-order valence-corrected chi connectivity index (χ4v) is 2.76. The van der Waals surface area contributed by atoms with Crippen LogP contribution in [-0.4, -0.2) is 47.7 Å². The number of carbonyl (C=O) groups excluding carboxylic acids is 1. The normalized spacial score (nSPS) is 18.5. The molecule has 1 aromatic rings. The molecule has 0 saturated carbocycles. The van der Waals surface area contributed by atoms with Gasteiger partial charge in [-0.1, -0.05) is 26.0 Å². The fourth-order valence-electron chi connectivity index (χ4n) is 2.76. The predicted octanol–water partition coefficient (Wildman–Crippen LogP) is 2.20. The summed E-state index contributed by atoms with van der Waals surface area (Å²) in [6.07, 6.45) is 1.23. The first-order valence-electron chi connectivity index (χ1n) is 7.67. The maximum absolute atomic E-state index is 12.5. The summed E-state index contributed by atoms with van der Waals surface area (Å²) in [5.41, 5.74) is 1.07. The van der Waals surface area contributed by atoms with E-state index in [0.717, 1.165) is 12.0 Å². The van der Waals surface area contributed by atoms with Crippen LogP contribution in [0.2, 0.25) is 0 Å². The first-order chi connectivity index (χ1) is 10.5. The maximum Gasteiger partial charge on any atom is 0.335 e. The Morgan fingerprint density at radius 1 is 1.32 bits per heavy atom. The van der Waals surface area contributed by atoms with Crippen molar-refractivity contribution in [3.05, 3.63) is 35.4 Å². The second kappa shape index (κ2) is 7.40. The number of amides is 1. The van der Waals surface area contributed by atoms with E-state index in [4.69, 9.17) is 9.84 Å². The Morgan fingerprint density at radius 3 is 2.59 bits per heavy atom. The second-order valence-electron chi connectivity index (χ2n) is 6.12. The van der Waals surface area contributed by atoms with Crippen molar-refractivity contribution in [3.63, 3.8) is 0 Å². The lowest BCUT2D eigenvalue weighted by Gasteiger charge is -2.36. The number of hydrogen-bond acceptors (Lipinski definition) is 3.